The van der Waals surface area contributed by atoms with Crippen molar-refractivity contribution in [2.24, 2.45) is 16.7 Å². The summed E-state index contributed by atoms with van der Waals surface area (Å²) in [5.41, 5.74) is -0.730. The highest BCUT2D eigenvalue weighted by atomic mass is 16.5. The molecule has 0 heterocycles. The third-order valence-corrected chi connectivity index (χ3v) is 2.65. The SMILES string of the molecule is C=C(C(=O)OCC(C)(C)C)C(CC(=O)OCC(C)(C)C)C(=O)O. The van der Waals surface area contributed by atoms with Gasteiger partial charge in [-0.15, -0.1) is 0 Å². The molecule has 0 rings (SSSR count). The third kappa shape index (κ3) is 9.71. The molecule has 0 aliphatic rings. The Balaban J connectivity index is 4.72. The molecule has 1 unspecified atom stereocenters. The molecule has 0 aliphatic heterocycles. The summed E-state index contributed by atoms with van der Waals surface area (Å²) in [4.78, 5) is 35.0. The highest BCUT2D eigenvalue weighted by molar-refractivity contribution is 5.96. The van der Waals surface area contributed by atoms with Crippen molar-refractivity contribution in [3.05, 3.63) is 12.2 Å². The van der Waals surface area contributed by atoms with Gasteiger partial charge < -0.3 is 14.6 Å². The molecule has 0 radical (unpaired) electrons. The van der Waals surface area contributed by atoms with Gasteiger partial charge in [-0.2, -0.15) is 0 Å². The second-order valence-electron chi connectivity index (χ2n) is 7.98. The number of hydrogen-bond acceptors (Lipinski definition) is 5. The molecule has 0 aromatic carbocycles. The Labute approximate surface area is 137 Å². The van der Waals surface area contributed by atoms with Gasteiger partial charge in [0, 0.05) is 5.57 Å². The van der Waals surface area contributed by atoms with Gasteiger partial charge in [0.1, 0.15) is 0 Å². The van der Waals surface area contributed by atoms with Crippen LogP contribution in [0.1, 0.15) is 48.0 Å². The molecule has 0 aromatic heterocycles. The molecular formula is C17H28O6. The van der Waals surface area contributed by atoms with Crippen molar-refractivity contribution in [2.75, 3.05) is 13.2 Å². The van der Waals surface area contributed by atoms with Crippen molar-refractivity contribution in [1.82, 2.24) is 0 Å². The van der Waals surface area contributed by atoms with E-state index in [1.54, 1.807) is 0 Å². The van der Waals surface area contributed by atoms with Crippen LogP contribution in [0.2, 0.25) is 0 Å². The molecule has 23 heavy (non-hydrogen) atoms. The number of rotatable bonds is 7. The van der Waals surface area contributed by atoms with Gasteiger partial charge >= 0.3 is 17.9 Å². The molecule has 0 spiro atoms. The van der Waals surface area contributed by atoms with Crippen LogP contribution >= 0.6 is 0 Å². The second kappa shape index (κ2) is 8.13. The highest BCUT2D eigenvalue weighted by Crippen LogP contribution is 2.20. The first-order valence-corrected chi connectivity index (χ1v) is 7.47. The number of aliphatic carboxylic acids is 1. The minimum Gasteiger partial charge on any atom is -0.481 e. The predicted octanol–water partition coefficient (Wildman–Crippen LogP) is 2.81. The lowest BCUT2D eigenvalue weighted by molar-refractivity contribution is -0.154. The van der Waals surface area contributed by atoms with Gasteiger partial charge in [-0.25, -0.2) is 4.79 Å². The average molecular weight is 328 g/mol. The number of hydrogen-bond donors (Lipinski definition) is 1. The summed E-state index contributed by atoms with van der Waals surface area (Å²) >= 11 is 0. The zero-order valence-electron chi connectivity index (χ0n) is 14.9. The Hall–Kier alpha value is -1.85. The van der Waals surface area contributed by atoms with Crippen LogP contribution in [0.15, 0.2) is 12.2 Å². The van der Waals surface area contributed by atoms with E-state index in [9.17, 15) is 19.5 Å². The Bertz CT molecular complexity index is 464. The van der Waals surface area contributed by atoms with Crippen molar-refractivity contribution >= 4 is 17.9 Å². The van der Waals surface area contributed by atoms with Crippen LogP contribution < -0.4 is 0 Å². The van der Waals surface area contributed by atoms with Crippen LogP contribution in [-0.4, -0.2) is 36.2 Å². The molecule has 0 aromatic rings. The fourth-order valence-corrected chi connectivity index (χ4v) is 1.40. The lowest BCUT2D eigenvalue weighted by Gasteiger charge is -2.21. The van der Waals surface area contributed by atoms with E-state index in [2.05, 4.69) is 6.58 Å². The molecule has 0 amide bonds. The predicted molar refractivity (Wildman–Crippen MR) is 85.7 cm³/mol. The lowest BCUT2D eigenvalue weighted by Crippen LogP contribution is -2.28. The zero-order chi connectivity index (χ0) is 18.4. The van der Waals surface area contributed by atoms with E-state index in [1.165, 1.54) is 0 Å². The zero-order valence-corrected chi connectivity index (χ0v) is 14.9. The van der Waals surface area contributed by atoms with Gasteiger partial charge in [0.05, 0.1) is 25.6 Å². The summed E-state index contributed by atoms with van der Waals surface area (Å²) in [6.45, 7) is 15.1. The summed E-state index contributed by atoms with van der Waals surface area (Å²) in [6, 6.07) is 0. The van der Waals surface area contributed by atoms with Crippen molar-refractivity contribution in [1.29, 1.82) is 0 Å². The smallest absolute Gasteiger partial charge is 0.334 e. The highest BCUT2D eigenvalue weighted by Gasteiger charge is 2.31. The molecule has 132 valence electrons. The molecule has 1 atom stereocenters. The van der Waals surface area contributed by atoms with Crippen molar-refractivity contribution in [3.63, 3.8) is 0 Å². The average Bonchev–Trinajstić information content (AvgIpc) is 2.37. The second-order valence-corrected chi connectivity index (χ2v) is 7.98. The third-order valence-electron chi connectivity index (χ3n) is 2.65. The maximum Gasteiger partial charge on any atom is 0.334 e. The van der Waals surface area contributed by atoms with Gasteiger partial charge in [-0.1, -0.05) is 48.1 Å². The van der Waals surface area contributed by atoms with E-state index >= 15 is 0 Å². The van der Waals surface area contributed by atoms with Crippen molar-refractivity contribution in [2.45, 2.75) is 48.0 Å². The number of carbonyl (C=O) groups is 3. The van der Waals surface area contributed by atoms with Crippen molar-refractivity contribution < 1.29 is 29.0 Å². The minimum atomic E-state index is -1.35. The quantitative estimate of drug-likeness (QED) is 0.571. The molecular weight excluding hydrogens is 300 g/mol. The standard InChI is InChI=1S/C17H28O6/c1-11(15(21)23-10-17(5,6)7)12(14(19)20)8-13(18)22-9-16(2,3)4/h12H,1,8-10H2,2-7H3,(H,19,20). The monoisotopic (exact) mass is 328 g/mol. The number of carboxylic acids is 1. The Kier molecular flexibility index (Phi) is 7.48. The van der Waals surface area contributed by atoms with Crippen LogP contribution in [0, 0.1) is 16.7 Å². The van der Waals surface area contributed by atoms with Crippen LogP contribution in [0.25, 0.3) is 0 Å². The van der Waals surface area contributed by atoms with Gasteiger partial charge in [0.25, 0.3) is 0 Å². The number of carbonyl (C=O) groups excluding carboxylic acids is 2. The van der Waals surface area contributed by atoms with E-state index in [1.807, 2.05) is 41.5 Å². The lowest BCUT2D eigenvalue weighted by atomic mass is 9.96. The molecule has 1 N–H and O–H groups in total. The summed E-state index contributed by atoms with van der Waals surface area (Å²) < 4.78 is 10.1. The molecule has 0 fully saturated rings. The summed E-state index contributed by atoms with van der Waals surface area (Å²) in [7, 11) is 0. The number of esters is 2. The van der Waals surface area contributed by atoms with Crippen molar-refractivity contribution in [3.8, 4) is 0 Å². The molecule has 6 nitrogen and oxygen atoms in total. The fraction of sp³-hybridized carbons (Fsp3) is 0.706. The molecule has 0 saturated heterocycles. The molecule has 6 heteroatoms. The molecule has 0 aliphatic carbocycles. The summed E-state index contributed by atoms with van der Waals surface area (Å²) in [6.07, 6.45) is -0.450. The minimum absolute atomic E-state index is 0.131. The number of carboxylic acid groups (broad SMARTS) is 1. The van der Waals surface area contributed by atoms with E-state index in [0.29, 0.717) is 0 Å². The summed E-state index contributed by atoms with van der Waals surface area (Å²) in [5.74, 6) is -4.15. The largest absolute Gasteiger partial charge is 0.481 e. The fourth-order valence-electron chi connectivity index (χ4n) is 1.40. The molecule has 0 saturated carbocycles. The summed E-state index contributed by atoms with van der Waals surface area (Å²) in [5, 5.41) is 9.22. The normalized spacial score (nSPS) is 13.1. The number of ether oxygens (including phenoxy) is 2. The van der Waals surface area contributed by atoms with Gasteiger partial charge in [0.2, 0.25) is 0 Å². The Morgan fingerprint density at radius 2 is 1.39 bits per heavy atom. The molecule has 0 bridgehead atoms. The topological polar surface area (TPSA) is 89.9 Å². The first kappa shape index (κ1) is 21.1. The van der Waals surface area contributed by atoms with Crippen LogP contribution in [0.4, 0.5) is 0 Å². The van der Waals surface area contributed by atoms with Crippen LogP contribution in [0.5, 0.6) is 0 Å². The van der Waals surface area contributed by atoms with E-state index < -0.39 is 30.2 Å². The van der Waals surface area contributed by atoms with Crippen LogP contribution in [0.3, 0.4) is 0 Å². The maximum atomic E-state index is 11.9. The van der Waals surface area contributed by atoms with E-state index in [4.69, 9.17) is 9.47 Å². The van der Waals surface area contributed by atoms with E-state index in [-0.39, 0.29) is 29.6 Å². The first-order chi connectivity index (χ1) is 10.2. The first-order valence-electron chi connectivity index (χ1n) is 7.47. The van der Waals surface area contributed by atoms with Gasteiger partial charge in [-0.05, 0) is 10.8 Å². The Morgan fingerprint density at radius 3 is 1.78 bits per heavy atom. The van der Waals surface area contributed by atoms with Gasteiger partial charge in [0.15, 0.2) is 0 Å². The van der Waals surface area contributed by atoms with Crippen LogP contribution in [-0.2, 0) is 23.9 Å². The maximum absolute atomic E-state index is 11.9. The van der Waals surface area contributed by atoms with Gasteiger partial charge in [-0.3, -0.25) is 9.59 Å². The van der Waals surface area contributed by atoms with E-state index in [0.717, 1.165) is 0 Å². The Morgan fingerprint density at radius 1 is 0.957 bits per heavy atom.